The monoisotopic (exact) mass is 310 g/mol. The summed E-state index contributed by atoms with van der Waals surface area (Å²) in [6.07, 6.45) is 7.19. The van der Waals surface area contributed by atoms with Gasteiger partial charge in [0, 0.05) is 18.7 Å². The smallest absolute Gasteiger partial charge is 0.338 e. The Hall–Kier alpha value is -2.08. The highest BCUT2D eigenvalue weighted by atomic mass is 35.5. The van der Waals surface area contributed by atoms with Gasteiger partial charge in [-0.15, -0.1) is 0 Å². The number of carbonyl (C=O) groups is 1. The Bertz CT molecular complexity index is 601. The van der Waals surface area contributed by atoms with Crippen LogP contribution in [-0.4, -0.2) is 22.5 Å². The van der Waals surface area contributed by atoms with Crippen LogP contribution in [0.2, 0.25) is 5.02 Å². The molecule has 0 spiro atoms. The van der Waals surface area contributed by atoms with Crippen LogP contribution in [0.1, 0.15) is 29.6 Å². The van der Waals surface area contributed by atoms with Gasteiger partial charge in [-0.3, -0.25) is 10.1 Å². The average Bonchev–Trinajstić information content (AvgIpc) is 2.46. The van der Waals surface area contributed by atoms with Crippen molar-refractivity contribution in [3.63, 3.8) is 0 Å². The third-order valence-electron chi connectivity index (χ3n) is 3.46. The third-order valence-corrected chi connectivity index (χ3v) is 3.76. The van der Waals surface area contributed by atoms with Crippen molar-refractivity contribution in [3.05, 3.63) is 45.0 Å². The van der Waals surface area contributed by atoms with E-state index in [9.17, 15) is 20.0 Å². The van der Waals surface area contributed by atoms with Gasteiger partial charge in [-0.25, -0.2) is 4.79 Å². The number of halogens is 1. The Morgan fingerprint density at radius 3 is 2.81 bits per heavy atom. The minimum atomic E-state index is -1.24. The molecule has 0 amide bonds. The fourth-order valence-corrected chi connectivity index (χ4v) is 2.61. The lowest BCUT2D eigenvalue weighted by atomic mass is 9.94. The second-order valence-corrected chi connectivity index (χ2v) is 5.35. The molecule has 1 unspecified atom stereocenters. The fourth-order valence-electron chi connectivity index (χ4n) is 2.33. The zero-order chi connectivity index (χ0) is 15.4. The zero-order valence-corrected chi connectivity index (χ0v) is 12.0. The van der Waals surface area contributed by atoms with Crippen molar-refractivity contribution in [3.8, 4) is 0 Å². The minimum Gasteiger partial charge on any atom is -0.478 e. The number of nitro groups is 1. The molecule has 2 N–H and O–H groups in total. The number of nitrogens with zero attached hydrogens (tertiary/aromatic N) is 1. The van der Waals surface area contributed by atoms with Crippen LogP contribution in [0.4, 0.5) is 11.4 Å². The second kappa shape index (κ2) is 6.58. The Kier molecular flexibility index (Phi) is 4.80. The van der Waals surface area contributed by atoms with E-state index < -0.39 is 10.9 Å². The van der Waals surface area contributed by atoms with Gasteiger partial charge in [-0.1, -0.05) is 23.8 Å². The molecule has 0 radical (unpaired) electrons. The quantitative estimate of drug-likeness (QED) is 0.491. The Morgan fingerprint density at radius 1 is 1.48 bits per heavy atom. The van der Waals surface area contributed by atoms with Crippen LogP contribution in [0, 0.1) is 16.0 Å². The SMILES string of the molecule is O=C(O)c1cc([N+](=O)[O-])cc(Cl)c1NCC1CC=CCC1. The first-order valence-electron chi connectivity index (χ1n) is 6.59. The Labute approximate surface area is 126 Å². The normalized spacial score (nSPS) is 17.5. The lowest BCUT2D eigenvalue weighted by Gasteiger charge is -2.20. The van der Waals surface area contributed by atoms with Crippen LogP contribution < -0.4 is 5.32 Å². The third kappa shape index (κ3) is 3.72. The van der Waals surface area contributed by atoms with Crippen molar-refractivity contribution in [2.75, 3.05) is 11.9 Å². The summed E-state index contributed by atoms with van der Waals surface area (Å²) in [5.74, 6) is -0.838. The van der Waals surface area contributed by atoms with E-state index in [0.29, 0.717) is 12.5 Å². The van der Waals surface area contributed by atoms with E-state index in [-0.39, 0.29) is 22.0 Å². The van der Waals surface area contributed by atoms with E-state index in [1.165, 1.54) is 0 Å². The molecule has 112 valence electrons. The van der Waals surface area contributed by atoms with Crippen molar-refractivity contribution in [1.29, 1.82) is 0 Å². The number of hydrogen-bond donors (Lipinski definition) is 2. The summed E-state index contributed by atoms with van der Waals surface area (Å²) in [7, 11) is 0. The number of hydrogen-bond acceptors (Lipinski definition) is 4. The predicted octanol–water partition coefficient (Wildman–Crippen LogP) is 3.71. The molecule has 2 rings (SSSR count). The summed E-state index contributed by atoms with van der Waals surface area (Å²) in [6.45, 7) is 0.585. The van der Waals surface area contributed by atoms with Crippen molar-refractivity contribution in [1.82, 2.24) is 0 Å². The maximum Gasteiger partial charge on any atom is 0.338 e. The molecular weight excluding hydrogens is 296 g/mol. The lowest BCUT2D eigenvalue weighted by molar-refractivity contribution is -0.384. The van der Waals surface area contributed by atoms with E-state index in [0.717, 1.165) is 31.4 Å². The molecule has 1 aromatic carbocycles. The van der Waals surface area contributed by atoms with E-state index in [1.807, 2.05) is 0 Å². The van der Waals surface area contributed by atoms with Gasteiger partial charge in [0.25, 0.3) is 5.69 Å². The number of rotatable bonds is 5. The number of non-ortho nitro benzene ring substituents is 1. The Morgan fingerprint density at radius 2 is 2.24 bits per heavy atom. The first-order chi connectivity index (χ1) is 9.99. The van der Waals surface area contributed by atoms with Crippen LogP contribution >= 0.6 is 11.6 Å². The Balaban J connectivity index is 2.22. The number of allylic oxidation sites excluding steroid dienone is 2. The van der Waals surface area contributed by atoms with Gasteiger partial charge in [-0.2, -0.15) is 0 Å². The fraction of sp³-hybridized carbons (Fsp3) is 0.357. The molecule has 0 aliphatic heterocycles. The van der Waals surface area contributed by atoms with Gasteiger partial charge >= 0.3 is 5.97 Å². The highest BCUT2D eigenvalue weighted by Gasteiger charge is 2.21. The van der Waals surface area contributed by atoms with E-state index in [2.05, 4.69) is 17.5 Å². The van der Waals surface area contributed by atoms with Crippen molar-refractivity contribution in [2.45, 2.75) is 19.3 Å². The highest BCUT2D eigenvalue weighted by Crippen LogP contribution is 2.32. The first kappa shape index (κ1) is 15.3. The predicted molar refractivity (Wildman–Crippen MR) is 80.0 cm³/mol. The van der Waals surface area contributed by atoms with Crippen molar-refractivity contribution < 1.29 is 14.8 Å². The molecule has 0 aromatic heterocycles. The zero-order valence-electron chi connectivity index (χ0n) is 11.2. The van der Waals surface area contributed by atoms with E-state index >= 15 is 0 Å². The van der Waals surface area contributed by atoms with Crippen LogP contribution in [0.15, 0.2) is 24.3 Å². The number of nitrogens with one attached hydrogen (secondary N) is 1. The summed E-state index contributed by atoms with van der Waals surface area (Å²) in [5.41, 5.74) is -0.270. The van der Waals surface area contributed by atoms with Crippen molar-refractivity contribution >= 4 is 28.9 Å². The molecule has 0 heterocycles. The van der Waals surface area contributed by atoms with Gasteiger partial charge < -0.3 is 10.4 Å². The molecule has 1 aromatic rings. The molecule has 1 aliphatic carbocycles. The van der Waals surface area contributed by atoms with Crippen LogP contribution in [0.3, 0.4) is 0 Å². The molecule has 0 bridgehead atoms. The number of carboxylic acid groups (broad SMARTS) is 1. The highest BCUT2D eigenvalue weighted by molar-refractivity contribution is 6.34. The molecule has 0 saturated heterocycles. The van der Waals surface area contributed by atoms with Gasteiger partial charge in [-0.05, 0) is 25.2 Å². The van der Waals surface area contributed by atoms with Crippen LogP contribution in [0.5, 0.6) is 0 Å². The summed E-state index contributed by atoms with van der Waals surface area (Å²) < 4.78 is 0. The summed E-state index contributed by atoms with van der Waals surface area (Å²) in [6, 6.07) is 2.19. The standard InChI is InChI=1S/C14H15ClN2O4/c15-12-7-10(17(20)21)6-11(14(18)19)13(12)16-8-9-4-2-1-3-5-9/h1-2,6-7,9,16H,3-5,8H2,(H,18,19). The van der Waals surface area contributed by atoms with Gasteiger partial charge in [0.1, 0.15) is 0 Å². The molecule has 0 saturated carbocycles. The molecule has 7 heteroatoms. The summed E-state index contributed by atoms with van der Waals surface area (Å²) in [5, 5.41) is 23.0. The molecule has 0 fully saturated rings. The molecule has 6 nitrogen and oxygen atoms in total. The van der Waals surface area contributed by atoms with Gasteiger partial charge in [0.2, 0.25) is 0 Å². The maximum absolute atomic E-state index is 11.3. The first-order valence-corrected chi connectivity index (χ1v) is 6.97. The second-order valence-electron chi connectivity index (χ2n) is 4.94. The van der Waals surface area contributed by atoms with Gasteiger partial charge in [0.15, 0.2) is 0 Å². The van der Waals surface area contributed by atoms with Crippen LogP contribution in [0.25, 0.3) is 0 Å². The molecule has 21 heavy (non-hydrogen) atoms. The average molecular weight is 311 g/mol. The topological polar surface area (TPSA) is 92.5 Å². The maximum atomic E-state index is 11.3. The van der Waals surface area contributed by atoms with Crippen LogP contribution in [-0.2, 0) is 0 Å². The number of nitro benzene ring substituents is 1. The number of anilines is 1. The van der Waals surface area contributed by atoms with E-state index in [4.69, 9.17) is 11.6 Å². The lowest BCUT2D eigenvalue weighted by Crippen LogP contribution is -2.17. The van der Waals surface area contributed by atoms with Crippen molar-refractivity contribution in [2.24, 2.45) is 5.92 Å². The number of carboxylic acids is 1. The number of aromatic carboxylic acids is 1. The summed E-state index contributed by atoms with van der Waals surface area (Å²) >= 11 is 6.00. The molecular formula is C14H15ClN2O4. The molecule has 1 aliphatic rings. The largest absolute Gasteiger partial charge is 0.478 e. The van der Waals surface area contributed by atoms with Gasteiger partial charge in [0.05, 0.1) is 21.2 Å². The summed E-state index contributed by atoms with van der Waals surface area (Å²) in [4.78, 5) is 21.4. The molecule has 1 atom stereocenters. The number of benzene rings is 1. The minimum absolute atomic E-state index is 0.0490. The van der Waals surface area contributed by atoms with E-state index in [1.54, 1.807) is 0 Å².